The van der Waals surface area contributed by atoms with Crippen LogP contribution in [0.2, 0.25) is 5.02 Å². The van der Waals surface area contributed by atoms with Gasteiger partial charge in [-0.1, -0.05) is 29.8 Å². The number of rotatable bonds is 2. The normalized spacial score (nSPS) is 11.2. The van der Waals surface area contributed by atoms with Gasteiger partial charge in [0.25, 0.3) is 0 Å². The molecular weight excluding hydrogens is 499 g/mol. The van der Waals surface area contributed by atoms with E-state index in [0.717, 1.165) is 12.7 Å². The quantitative estimate of drug-likeness (QED) is 0.340. The molecule has 2 nitrogen and oxygen atoms in total. The van der Waals surface area contributed by atoms with E-state index in [1.165, 1.54) is 0 Å². The van der Waals surface area contributed by atoms with E-state index in [9.17, 15) is 10.4 Å². The van der Waals surface area contributed by atoms with Crippen LogP contribution >= 0.6 is 56.8 Å². The first-order chi connectivity index (χ1) is 9.52. The Hall–Kier alpha value is -0.780. The standard InChI is InChI=1S/C15H8ClI2NO/c16-12-4-2-1-3-11(12)10(8-19)5-9-6-13(17)15(20)14(18)7-9/h1-7,20H. The van der Waals surface area contributed by atoms with Gasteiger partial charge in [-0.3, -0.25) is 0 Å². The molecule has 0 spiro atoms. The second-order valence-electron chi connectivity index (χ2n) is 3.98. The Kier molecular flexibility index (Phi) is 5.29. The van der Waals surface area contributed by atoms with Crippen LogP contribution in [0.3, 0.4) is 0 Å². The summed E-state index contributed by atoms with van der Waals surface area (Å²) >= 11 is 10.2. The molecule has 0 saturated carbocycles. The summed E-state index contributed by atoms with van der Waals surface area (Å²) in [6.45, 7) is 0. The molecule has 0 amide bonds. The minimum atomic E-state index is 0.264. The topological polar surface area (TPSA) is 44.0 Å². The fourth-order valence-corrected chi connectivity index (χ4v) is 3.74. The first-order valence-electron chi connectivity index (χ1n) is 5.57. The fourth-order valence-electron chi connectivity index (χ4n) is 1.69. The van der Waals surface area contributed by atoms with Crippen molar-refractivity contribution in [3.63, 3.8) is 0 Å². The minimum Gasteiger partial charge on any atom is -0.506 e. The van der Waals surface area contributed by atoms with E-state index in [-0.39, 0.29) is 5.75 Å². The van der Waals surface area contributed by atoms with Crippen molar-refractivity contribution in [3.05, 3.63) is 59.7 Å². The lowest BCUT2D eigenvalue weighted by Gasteiger charge is -2.05. The molecule has 0 radical (unpaired) electrons. The number of phenols is 1. The molecule has 0 heterocycles. The van der Waals surface area contributed by atoms with Gasteiger partial charge in [0.2, 0.25) is 0 Å². The van der Waals surface area contributed by atoms with Crippen LogP contribution in [0.5, 0.6) is 5.75 Å². The number of aromatic hydroxyl groups is 1. The lowest BCUT2D eigenvalue weighted by atomic mass is 10.0. The smallest absolute Gasteiger partial charge is 0.142 e. The molecule has 0 aliphatic carbocycles. The molecule has 0 fully saturated rings. The first-order valence-corrected chi connectivity index (χ1v) is 8.11. The highest BCUT2D eigenvalue weighted by atomic mass is 127. The third-order valence-electron chi connectivity index (χ3n) is 2.63. The van der Waals surface area contributed by atoms with Crippen molar-refractivity contribution < 1.29 is 5.11 Å². The summed E-state index contributed by atoms with van der Waals surface area (Å²) in [7, 11) is 0. The lowest BCUT2D eigenvalue weighted by Crippen LogP contribution is -1.86. The van der Waals surface area contributed by atoms with Crippen molar-refractivity contribution in [1.29, 1.82) is 5.26 Å². The molecule has 0 bridgehead atoms. The molecule has 1 N–H and O–H groups in total. The van der Waals surface area contributed by atoms with Crippen LogP contribution in [-0.2, 0) is 0 Å². The summed E-state index contributed by atoms with van der Waals surface area (Å²) in [5, 5.41) is 19.6. The number of hydrogen-bond acceptors (Lipinski definition) is 2. The second-order valence-corrected chi connectivity index (χ2v) is 6.71. The predicted octanol–water partition coefficient (Wildman–Crippen LogP) is 5.32. The molecule has 0 aliphatic heterocycles. The minimum absolute atomic E-state index is 0.264. The first kappa shape index (κ1) is 15.6. The Morgan fingerprint density at radius 3 is 2.35 bits per heavy atom. The molecule has 5 heteroatoms. The van der Waals surface area contributed by atoms with Gasteiger partial charge in [-0.25, -0.2) is 0 Å². The average Bonchev–Trinajstić information content (AvgIpc) is 2.43. The summed E-state index contributed by atoms with van der Waals surface area (Å²) in [4.78, 5) is 0. The molecule has 0 saturated heterocycles. The van der Waals surface area contributed by atoms with E-state index >= 15 is 0 Å². The SMILES string of the molecule is N#CC(=Cc1cc(I)c(O)c(I)c1)c1ccccc1Cl. The van der Waals surface area contributed by atoms with E-state index in [2.05, 4.69) is 51.3 Å². The summed E-state index contributed by atoms with van der Waals surface area (Å²) in [6.07, 6.45) is 1.77. The van der Waals surface area contributed by atoms with Gasteiger partial charge in [0.1, 0.15) is 5.75 Å². The van der Waals surface area contributed by atoms with Crippen LogP contribution < -0.4 is 0 Å². The summed E-state index contributed by atoms with van der Waals surface area (Å²) in [5.41, 5.74) is 2.05. The average molecular weight is 507 g/mol. The fraction of sp³-hybridized carbons (Fsp3) is 0. The van der Waals surface area contributed by atoms with Crippen LogP contribution in [-0.4, -0.2) is 5.11 Å². The van der Waals surface area contributed by atoms with Crippen molar-refractivity contribution in [1.82, 2.24) is 0 Å². The number of allylic oxidation sites excluding steroid dienone is 1. The van der Waals surface area contributed by atoms with Gasteiger partial charge < -0.3 is 5.11 Å². The summed E-state index contributed by atoms with van der Waals surface area (Å²) in [5.74, 6) is 0.264. The summed E-state index contributed by atoms with van der Waals surface area (Å²) < 4.78 is 1.49. The highest BCUT2D eigenvalue weighted by Gasteiger charge is 2.08. The molecule has 2 rings (SSSR count). The molecule has 2 aromatic carbocycles. The van der Waals surface area contributed by atoms with Gasteiger partial charge in [-0.2, -0.15) is 5.26 Å². The van der Waals surface area contributed by atoms with Crippen molar-refractivity contribution >= 4 is 68.4 Å². The van der Waals surface area contributed by atoms with Crippen LogP contribution in [0.1, 0.15) is 11.1 Å². The number of phenolic OH excluding ortho intramolecular Hbond substituents is 1. The van der Waals surface area contributed by atoms with Gasteiger partial charge in [0.05, 0.1) is 18.8 Å². The van der Waals surface area contributed by atoms with Crippen molar-refractivity contribution in [2.75, 3.05) is 0 Å². The van der Waals surface area contributed by atoms with E-state index in [0.29, 0.717) is 16.2 Å². The number of benzene rings is 2. The molecule has 0 aromatic heterocycles. The Balaban J connectivity index is 2.53. The predicted molar refractivity (Wildman–Crippen MR) is 98.5 cm³/mol. The van der Waals surface area contributed by atoms with Crippen LogP contribution in [0.15, 0.2) is 36.4 Å². The maximum atomic E-state index is 9.76. The Morgan fingerprint density at radius 2 is 1.80 bits per heavy atom. The lowest BCUT2D eigenvalue weighted by molar-refractivity contribution is 0.467. The zero-order valence-electron chi connectivity index (χ0n) is 10.1. The van der Waals surface area contributed by atoms with Crippen molar-refractivity contribution in [3.8, 4) is 11.8 Å². The zero-order chi connectivity index (χ0) is 14.7. The Bertz CT molecular complexity index is 712. The number of hydrogen-bond donors (Lipinski definition) is 1. The molecule has 20 heavy (non-hydrogen) atoms. The van der Waals surface area contributed by atoms with Crippen LogP contribution in [0.4, 0.5) is 0 Å². The number of halogens is 3. The maximum Gasteiger partial charge on any atom is 0.142 e. The molecule has 2 aromatic rings. The third kappa shape index (κ3) is 3.45. The highest BCUT2D eigenvalue weighted by Crippen LogP contribution is 2.30. The van der Waals surface area contributed by atoms with Gasteiger partial charge in [0, 0.05) is 10.6 Å². The van der Waals surface area contributed by atoms with E-state index in [1.807, 2.05) is 30.3 Å². The van der Waals surface area contributed by atoms with Gasteiger partial charge in [0.15, 0.2) is 0 Å². The van der Waals surface area contributed by atoms with Gasteiger partial charge >= 0.3 is 0 Å². The highest BCUT2D eigenvalue weighted by molar-refractivity contribution is 14.1. The monoisotopic (exact) mass is 507 g/mol. The maximum absolute atomic E-state index is 9.76. The van der Waals surface area contributed by atoms with E-state index in [1.54, 1.807) is 12.1 Å². The Morgan fingerprint density at radius 1 is 1.20 bits per heavy atom. The van der Waals surface area contributed by atoms with Crippen molar-refractivity contribution in [2.24, 2.45) is 0 Å². The number of nitrogens with zero attached hydrogens (tertiary/aromatic N) is 1. The molecule has 0 atom stereocenters. The third-order valence-corrected chi connectivity index (χ3v) is 4.61. The van der Waals surface area contributed by atoms with Crippen molar-refractivity contribution in [2.45, 2.75) is 0 Å². The molecule has 0 unspecified atom stereocenters. The summed E-state index contributed by atoms with van der Waals surface area (Å²) in [6, 6.07) is 13.1. The van der Waals surface area contributed by atoms with E-state index in [4.69, 9.17) is 11.6 Å². The van der Waals surface area contributed by atoms with Gasteiger partial charge in [-0.05, 0) is 75.0 Å². The number of nitriles is 1. The largest absolute Gasteiger partial charge is 0.506 e. The zero-order valence-corrected chi connectivity index (χ0v) is 15.1. The molecular formula is C15H8ClI2NO. The molecule has 0 aliphatic rings. The Labute approximate surface area is 149 Å². The van der Waals surface area contributed by atoms with Crippen LogP contribution in [0, 0.1) is 18.5 Å². The molecule has 100 valence electrons. The van der Waals surface area contributed by atoms with Crippen LogP contribution in [0.25, 0.3) is 11.6 Å². The van der Waals surface area contributed by atoms with Gasteiger partial charge in [-0.15, -0.1) is 0 Å². The second kappa shape index (κ2) is 6.78. The van der Waals surface area contributed by atoms with E-state index < -0.39 is 0 Å².